The Morgan fingerprint density at radius 2 is 1.89 bits per heavy atom. The van der Waals surface area contributed by atoms with Gasteiger partial charge in [-0.2, -0.15) is 9.39 Å². The highest BCUT2D eigenvalue weighted by Crippen LogP contribution is 2.32. The second-order valence-electron chi connectivity index (χ2n) is 7.96. The average Bonchev–Trinajstić information content (AvgIpc) is 3.26. The molecule has 2 aliphatic heterocycles. The van der Waals surface area contributed by atoms with Crippen molar-refractivity contribution in [2.75, 3.05) is 26.6 Å². The highest BCUT2D eigenvalue weighted by Gasteiger charge is 2.41. The van der Waals surface area contributed by atoms with E-state index in [1.54, 1.807) is 18.2 Å². The Hall–Kier alpha value is -3.64. The molecular weight excluding hydrogens is 504 g/mol. The molecule has 36 heavy (non-hydrogen) atoms. The normalized spacial score (nSPS) is 16.5. The number of methoxy groups -OCH3 is 1. The second kappa shape index (κ2) is 10.5. The largest absolute Gasteiger partial charge is 0.493 e. The van der Waals surface area contributed by atoms with Gasteiger partial charge in [0.25, 0.3) is 5.91 Å². The molecule has 1 amide bonds. The molecule has 0 unspecified atom stereocenters. The molecule has 0 saturated carbocycles. The van der Waals surface area contributed by atoms with E-state index in [1.165, 1.54) is 13.2 Å². The molecule has 12 heteroatoms. The minimum Gasteiger partial charge on any atom is -0.493 e. The zero-order valence-corrected chi connectivity index (χ0v) is 21.5. The van der Waals surface area contributed by atoms with Crippen LogP contribution in [0.15, 0.2) is 57.4 Å². The number of fused-ring (bicyclic) bond motifs is 1. The molecule has 1 N–H and O–H groups in total. The van der Waals surface area contributed by atoms with Crippen LogP contribution in [0.4, 0.5) is 0 Å². The molecule has 2 heterocycles. The number of hydrogen-bond acceptors (Lipinski definition) is 9. The van der Waals surface area contributed by atoms with E-state index in [4.69, 9.17) is 19.6 Å². The van der Waals surface area contributed by atoms with Gasteiger partial charge in [0.05, 0.1) is 37.8 Å². The van der Waals surface area contributed by atoms with E-state index < -0.39 is 15.7 Å². The maximum absolute atomic E-state index is 12.5. The van der Waals surface area contributed by atoms with Crippen LogP contribution in [0.25, 0.3) is 6.08 Å². The Bertz CT molecular complexity index is 1420. The van der Waals surface area contributed by atoms with Gasteiger partial charge in [0.2, 0.25) is 20.2 Å². The molecule has 188 valence electrons. The number of nitrogens with zero attached hydrogens (tertiary/aromatic N) is 3. The number of hydrogen-bond donors (Lipinski definition) is 1. The summed E-state index contributed by atoms with van der Waals surface area (Å²) in [7, 11) is -2.22. The first-order chi connectivity index (χ1) is 17.2. The van der Waals surface area contributed by atoms with Gasteiger partial charge in [0.1, 0.15) is 11.6 Å². The van der Waals surface area contributed by atoms with Gasteiger partial charge in [-0.3, -0.25) is 10.2 Å². The maximum atomic E-state index is 12.5. The third-order valence-electron chi connectivity index (χ3n) is 5.13. The lowest BCUT2D eigenvalue weighted by Gasteiger charge is -2.23. The minimum absolute atomic E-state index is 0.0373. The van der Waals surface area contributed by atoms with Gasteiger partial charge in [-0.1, -0.05) is 18.2 Å². The summed E-state index contributed by atoms with van der Waals surface area (Å²) in [5.74, 6) is 0.802. The first kappa shape index (κ1) is 25.5. The fraction of sp³-hybridized carbons (Fsp3) is 0.250. The summed E-state index contributed by atoms with van der Waals surface area (Å²) >= 11 is 0.746. The van der Waals surface area contributed by atoms with E-state index in [0.717, 1.165) is 34.4 Å². The van der Waals surface area contributed by atoms with Gasteiger partial charge < -0.3 is 14.2 Å². The van der Waals surface area contributed by atoms with Crippen LogP contribution in [0.2, 0.25) is 0 Å². The molecule has 0 atom stereocenters. The number of rotatable bonds is 8. The molecule has 4 rings (SSSR count). The predicted molar refractivity (Wildman–Crippen MR) is 140 cm³/mol. The fourth-order valence-electron chi connectivity index (χ4n) is 3.43. The summed E-state index contributed by atoms with van der Waals surface area (Å²) in [6.07, 6.45) is 3.10. The van der Waals surface area contributed by atoms with Crippen LogP contribution < -0.4 is 14.2 Å². The highest BCUT2D eigenvalue weighted by molar-refractivity contribution is 8.16. The van der Waals surface area contributed by atoms with E-state index in [0.29, 0.717) is 36.7 Å². The van der Waals surface area contributed by atoms with Gasteiger partial charge in [-0.15, -0.1) is 0 Å². The lowest BCUT2D eigenvalue weighted by atomic mass is 10.1. The summed E-state index contributed by atoms with van der Waals surface area (Å²) in [6.45, 7) is 2.91. The van der Waals surface area contributed by atoms with Crippen molar-refractivity contribution in [1.82, 2.24) is 4.90 Å². The van der Waals surface area contributed by atoms with Crippen LogP contribution in [-0.4, -0.2) is 62.0 Å². The number of nitrogens with one attached hydrogen (secondary N) is 1. The number of amides is 1. The van der Waals surface area contributed by atoms with Crippen molar-refractivity contribution in [3.63, 3.8) is 0 Å². The lowest BCUT2D eigenvalue weighted by Crippen LogP contribution is -2.45. The Morgan fingerprint density at radius 3 is 2.61 bits per heavy atom. The van der Waals surface area contributed by atoms with Crippen LogP contribution in [0.3, 0.4) is 0 Å². The Morgan fingerprint density at radius 1 is 1.11 bits per heavy atom. The molecule has 0 bridgehead atoms. The zero-order chi connectivity index (χ0) is 25.9. The number of benzene rings is 2. The first-order valence-corrected chi connectivity index (χ1v) is 13.5. The number of carbonyl (C=O) groups excluding carboxylic acids is 1. The van der Waals surface area contributed by atoms with Crippen molar-refractivity contribution < 1.29 is 27.4 Å². The van der Waals surface area contributed by atoms with Crippen molar-refractivity contribution in [1.29, 1.82) is 5.41 Å². The number of sulfone groups is 1. The predicted octanol–water partition coefficient (Wildman–Crippen LogP) is 3.47. The maximum Gasteiger partial charge on any atom is 0.283 e. The highest BCUT2D eigenvalue weighted by atomic mass is 32.2. The van der Waals surface area contributed by atoms with Crippen molar-refractivity contribution in [3.05, 3.63) is 59.2 Å². The minimum atomic E-state index is -3.72. The van der Waals surface area contributed by atoms with E-state index >= 15 is 0 Å². The number of aliphatic imine (C=N–C) groups is 1. The number of aryl methyl sites for hydroxylation is 1. The molecule has 2 aromatic carbocycles. The number of carbonyl (C=O) groups is 1. The molecule has 10 nitrogen and oxygen atoms in total. The van der Waals surface area contributed by atoms with Gasteiger partial charge >= 0.3 is 0 Å². The average molecular weight is 529 g/mol. The van der Waals surface area contributed by atoms with Crippen LogP contribution in [-0.2, 0) is 14.6 Å². The van der Waals surface area contributed by atoms with Gasteiger partial charge in [-0.05, 0) is 48.4 Å². The molecule has 2 aromatic rings. The van der Waals surface area contributed by atoms with E-state index in [1.807, 2.05) is 31.2 Å². The van der Waals surface area contributed by atoms with Crippen molar-refractivity contribution in [3.8, 4) is 17.2 Å². The fourth-order valence-corrected chi connectivity index (χ4v) is 5.28. The van der Waals surface area contributed by atoms with Crippen LogP contribution >= 0.6 is 11.9 Å². The molecular formula is C24H24N4O6S2. The molecule has 0 saturated heterocycles. The Balaban J connectivity index is 1.43. The summed E-state index contributed by atoms with van der Waals surface area (Å²) < 4.78 is 44.9. The quantitative estimate of drug-likeness (QED) is 0.313. The van der Waals surface area contributed by atoms with Gasteiger partial charge in [0.15, 0.2) is 11.5 Å². The molecule has 0 fully saturated rings. The molecule has 0 aliphatic carbocycles. The molecule has 0 radical (unpaired) electrons. The topological polar surface area (TPSA) is 131 Å². The van der Waals surface area contributed by atoms with Crippen molar-refractivity contribution in [2.45, 2.75) is 13.3 Å². The van der Waals surface area contributed by atoms with E-state index in [9.17, 15) is 13.2 Å². The molecule has 2 aliphatic rings. The lowest BCUT2D eigenvalue weighted by molar-refractivity contribution is -0.114. The SMILES string of the molecule is COc1cc(/C=C2/C(=N)N3C(=NC2=O)SN=C3S(C)(=O)=O)ccc1OCCCOc1cccc(C)c1. The monoisotopic (exact) mass is 528 g/mol. The number of ether oxygens (including phenoxy) is 3. The summed E-state index contributed by atoms with van der Waals surface area (Å²) in [5.41, 5.74) is 1.61. The number of amidine groups is 3. The van der Waals surface area contributed by atoms with Crippen LogP contribution in [0.1, 0.15) is 17.5 Å². The van der Waals surface area contributed by atoms with Crippen LogP contribution in [0, 0.1) is 12.3 Å². The Kier molecular flexibility index (Phi) is 7.45. The van der Waals surface area contributed by atoms with E-state index in [-0.39, 0.29) is 21.7 Å². The third kappa shape index (κ3) is 5.60. The Labute approximate surface area is 213 Å². The summed E-state index contributed by atoms with van der Waals surface area (Å²) in [6, 6.07) is 12.9. The first-order valence-electron chi connectivity index (χ1n) is 10.9. The zero-order valence-electron chi connectivity index (χ0n) is 19.8. The van der Waals surface area contributed by atoms with Crippen LogP contribution in [0.5, 0.6) is 17.2 Å². The summed E-state index contributed by atoms with van der Waals surface area (Å²) in [4.78, 5) is 17.5. The standard InChI is InChI=1S/C24H24N4O6S2/c1-15-6-4-7-17(12-15)33-10-5-11-34-19-9-8-16(14-20(19)32-2)13-18-21(25)28-23(26-22(18)29)35-27-24(28)36(3,30)31/h4,6-9,12-14,25H,5,10-11H2,1-3H3/b18-13-,25-21?. The molecule has 0 aromatic heterocycles. The van der Waals surface area contributed by atoms with Gasteiger partial charge in [0, 0.05) is 12.7 Å². The van der Waals surface area contributed by atoms with Gasteiger partial charge in [-0.25, -0.2) is 13.3 Å². The van der Waals surface area contributed by atoms with Crippen molar-refractivity contribution in [2.24, 2.45) is 9.39 Å². The second-order valence-corrected chi connectivity index (χ2v) is 10.6. The van der Waals surface area contributed by atoms with Crippen molar-refractivity contribution >= 4 is 49.9 Å². The molecule has 0 spiro atoms. The third-order valence-corrected chi connectivity index (χ3v) is 6.88. The van der Waals surface area contributed by atoms with E-state index in [2.05, 4.69) is 9.39 Å². The summed E-state index contributed by atoms with van der Waals surface area (Å²) in [5, 5.41) is 8.14. The smallest absolute Gasteiger partial charge is 0.283 e.